The number of halogens is 1. The predicted molar refractivity (Wildman–Crippen MR) is 76.6 cm³/mol. The second kappa shape index (κ2) is 4.97. The van der Waals surface area contributed by atoms with Gasteiger partial charge in [-0.05, 0) is 29.8 Å². The summed E-state index contributed by atoms with van der Waals surface area (Å²) in [6.07, 6.45) is 1.50. The van der Waals surface area contributed by atoms with Crippen molar-refractivity contribution in [1.29, 1.82) is 0 Å². The number of amides is 1. The van der Waals surface area contributed by atoms with Gasteiger partial charge < -0.3 is 5.32 Å². The first-order valence-corrected chi connectivity index (χ1v) is 7.74. The average molecular weight is 325 g/mol. The highest BCUT2D eigenvalue weighted by atomic mass is 35.5. The zero-order valence-corrected chi connectivity index (χ0v) is 12.1. The van der Waals surface area contributed by atoms with Gasteiger partial charge in [-0.3, -0.25) is 4.79 Å². The number of fused-ring (bicyclic) bond motifs is 1. The van der Waals surface area contributed by atoms with Crippen LogP contribution in [-0.4, -0.2) is 24.3 Å². The number of nitrogens with zero attached hydrogens (tertiary/aromatic N) is 2. The number of rotatable bonds is 3. The number of nitrogens with one attached hydrogen (secondary N) is 2. The van der Waals surface area contributed by atoms with Crippen molar-refractivity contribution >= 4 is 39.2 Å². The van der Waals surface area contributed by atoms with Gasteiger partial charge >= 0.3 is 0 Å². The van der Waals surface area contributed by atoms with Crippen LogP contribution in [0.3, 0.4) is 0 Å². The van der Waals surface area contributed by atoms with Crippen molar-refractivity contribution in [1.82, 2.24) is 9.97 Å². The number of benzene rings is 1. The number of anilines is 2. The van der Waals surface area contributed by atoms with Gasteiger partial charge in [0.1, 0.15) is 5.15 Å². The van der Waals surface area contributed by atoms with E-state index in [1.165, 1.54) is 24.4 Å². The predicted octanol–water partition coefficient (Wildman–Crippen LogP) is 1.43. The molecule has 1 aliphatic heterocycles. The van der Waals surface area contributed by atoms with Crippen molar-refractivity contribution in [2.24, 2.45) is 0 Å². The smallest absolute Gasteiger partial charge is 0.264 e. The first-order valence-electron chi connectivity index (χ1n) is 5.88. The van der Waals surface area contributed by atoms with Gasteiger partial charge in [-0.1, -0.05) is 11.6 Å². The van der Waals surface area contributed by atoms with Crippen molar-refractivity contribution in [2.75, 3.05) is 10.0 Å². The maximum absolute atomic E-state index is 12.3. The summed E-state index contributed by atoms with van der Waals surface area (Å²) >= 11 is 5.68. The summed E-state index contributed by atoms with van der Waals surface area (Å²) in [7, 11) is -3.84. The Morgan fingerprint density at radius 3 is 2.86 bits per heavy atom. The summed E-state index contributed by atoms with van der Waals surface area (Å²) in [6, 6.07) is 5.83. The Morgan fingerprint density at radius 1 is 1.29 bits per heavy atom. The van der Waals surface area contributed by atoms with E-state index in [1.54, 1.807) is 6.07 Å². The van der Waals surface area contributed by atoms with E-state index < -0.39 is 10.0 Å². The van der Waals surface area contributed by atoms with Crippen LogP contribution in [0.2, 0.25) is 5.15 Å². The Labute approximate surface area is 125 Å². The SMILES string of the molecule is O=C1Cc2cc(S(=O)(=O)Nc3nccc(Cl)n3)ccc2N1. The summed E-state index contributed by atoms with van der Waals surface area (Å²) in [4.78, 5) is 18.9. The molecule has 1 aromatic heterocycles. The second-order valence-corrected chi connectivity index (χ2v) is 6.42. The molecule has 0 saturated heterocycles. The molecule has 0 fully saturated rings. The van der Waals surface area contributed by atoms with Crippen molar-refractivity contribution in [2.45, 2.75) is 11.3 Å². The topological polar surface area (TPSA) is 101 Å². The van der Waals surface area contributed by atoms with E-state index in [1.807, 2.05) is 0 Å². The Hall–Kier alpha value is -2.19. The van der Waals surface area contributed by atoms with Crippen LogP contribution in [0, 0.1) is 0 Å². The van der Waals surface area contributed by atoms with E-state index in [9.17, 15) is 13.2 Å². The lowest BCUT2D eigenvalue weighted by Crippen LogP contribution is -2.15. The highest BCUT2D eigenvalue weighted by Gasteiger charge is 2.22. The van der Waals surface area contributed by atoms with Crippen LogP contribution in [-0.2, 0) is 21.2 Å². The minimum Gasteiger partial charge on any atom is -0.326 e. The lowest BCUT2D eigenvalue weighted by Gasteiger charge is -2.07. The molecule has 9 heteroatoms. The molecule has 21 heavy (non-hydrogen) atoms. The van der Waals surface area contributed by atoms with Crippen LogP contribution in [0.4, 0.5) is 11.6 Å². The van der Waals surface area contributed by atoms with Crippen LogP contribution in [0.15, 0.2) is 35.4 Å². The van der Waals surface area contributed by atoms with Crippen LogP contribution in [0.25, 0.3) is 0 Å². The molecule has 0 atom stereocenters. The van der Waals surface area contributed by atoms with Crippen LogP contribution < -0.4 is 10.0 Å². The fourth-order valence-corrected chi connectivity index (χ4v) is 3.08. The largest absolute Gasteiger partial charge is 0.326 e. The molecule has 1 aromatic carbocycles. The Bertz CT molecular complexity index is 838. The molecule has 108 valence electrons. The quantitative estimate of drug-likeness (QED) is 0.832. The van der Waals surface area contributed by atoms with Gasteiger partial charge in [-0.25, -0.2) is 23.1 Å². The normalized spacial score (nSPS) is 13.7. The second-order valence-electron chi connectivity index (χ2n) is 4.35. The van der Waals surface area contributed by atoms with Gasteiger partial charge in [0.2, 0.25) is 11.9 Å². The number of aromatic nitrogens is 2. The molecular formula is C12H9ClN4O3S. The maximum atomic E-state index is 12.3. The van der Waals surface area contributed by atoms with Gasteiger partial charge in [0, 0.05) is 11.9 Å². The molecule has 1 aliphatic rings. The molecule has 2 heterocycles. The Kier molecular flexibility index (Phi) is 3.26. The summed E-state index contributed by atoms with van der Waals surface area (Å²) in [6.45, 7) is 0. The fourth-order valence-electron chi connectivity index (χ4n) is 1.94. The molecular weight excluding hydrogens is 316 g/mol. The van der Waals surface area contributed by atoms with Gasteiger partial charge in [0.05, 0.1) is 11.3 Å². The molecule has 0 bridgehead atoms. The van der Waals surface area contributed by atoms with Crippen molar-refractivity contribution in [3.8, 4) is 0 Å². The summed E-state index contributed by atoms with van der Waals surface area (Å²) in [5.74, 6) is -0.275. The third-order valence-corrected chi connectivity index (χ3v) is 4.40. The zero-order chi connectivity index (χ0) is 15.0. The van der Waals surface area contributed by atoms with E-state index in [0.29, 0.717) is 11.3 Å². The minimum atomic E-state index is -3.84. The summed E-state index contributed by atoms with van der Waals surface area (Å²) in [5, 5.41) is 2.77. The number of hydrogen-bond acceptors (Lipinski definition) is 5. The Balaban J connectivity index is 1.92. The molecule has 0 aliphatic carbocycles. The van der Waals surface area contributed by atoms with Crippen LogP contribution in [0.5, 0.6) is 0 Å². The minimum absolute atomic E-state index is 0.0290. The number of hydrogen-bond donors (Lipinski definition) is 2. The van der Waals surface area contributed by atoms with Gasteiger partial charge in [-0.15, -0.1) is 0 Å². The highest BCUT2D eigenvalue weighted by Crippen LogP contribution is 2.26. The molecule has 0 unspecified atom stereocenters. The molecule has 3 rings (SSSR count). The Morgan fingerprint density at radius 2 is 2.10 bits per heavy atom. The van der Waals surface area contributed by atoms with E-state index in [-0.39, 0.29) is 28.3 Å². The van der Waals surface area contributed by atoms with E-state index >= 15 is 0 Å². The maximum Gasteiger partial charge on any atom is 0.264 e. The molecule has 0 spiro atoms. The lowest BCUT2D eigenvalue weighted by molar-refractivity contribution is -0.115. The van der Waals surface area contributed by atoms with Gasteiger partial charge in [0.25, 0.3) is 10.0 Å². The standard InChI is InChI=1S/C12H9ClN4O3S/c13-10-3-4-14-12(16-10)17-21(19,20)8-1-2-9-7(5-8)6-11(18)15-9/h1-5H,6H2,(H,15,18)(H,14,16,17). The monoisotopic (exact) mass is 324 g/mol. The van der Waals surface area contributed by atoms with Crippen LogP contribution in [0.1, 0.15) is 5.56 Å². The average Bonchev–Trinajstić information content (AvgIpc) is 2.77. The molecule has 7 nitrogen and oxygen atoms in total. The van der Waals surface area contributed by atoms with E-state index in [2.05, 4.69) is 20.0 Å². The first-order chi connectivity index (χ1) is 9.94. The van der Waals surface area contributed by atoms with Crippen molar-refractivity contribution in [3.05, 3.63) is 41.2 Å². The third-order valence-electron chi connectivity index (χ3n) is 2.86. The van der Waals surface area contributed by atoms with Crippen LogP contribution >= 0.6 is 11.6 Å². The van der Waals surface area contributed by atoms with Gasteiger partial charge in [0.15, 0.2) is 0 Å². The molecule has 0 saturated carbocycles. The van der Waals surface area contributed by atoms with Crippen molar-refractivity contribution < 1.29 is 13.2 Å². The zero-order valence-electron chi connectivity index (χ0n) is 10.5. The first kappa shape index (κ1) is 13.8. The molecule has 2 N–H and O–H groups in total. The third kappa shape index (κ3) is 2.81. The fraction of sp³-hybridized carbons (Fsp3) is 0.0833. The number of sulfonamides is 1. The number of carbonyl (C=O) groups is 1. The molecule has 2 aromatic rings. The highest BCUT2D eigenvalue weighted by molar-refractivity contribution is 7.92. The lowest BCUT2D eigenvalue weighted by atomic mass is 10.2. The number of carbonyl (C=O) groups excluding carboxylic acids is 1. The van der Waals surface area contributed by atoms with Gasteiger partial charge in [-0.2, -0.15) is 0 Å². The van der Waals surface area contributed by atoms with E-state index in [4.69, 9.17) is 11.6 Å². The molecule has 1 amide bonds. The van der Waals surface area contributed by atoms with Crippen molar-refractivity contribution in [3.63, 3.8) is 0 Å². The summed E-state index contributed by atoms with van der Waals surface area (Å²) < 4.78 is 26.7. The van der Waals surface area contributed by atoms with E-state index in [0.717, 1.165) is 0 Å². The molecule has 0 radical (unpaired) electrons. The summed E-state index contributed by atoms with van der Waals surface area (Å²) in [5.41, 5.74) is 1.26.